The van der Waals surface area contributed by atoms with E-state index in [1.54, 1.807) is 18.2 Å². The molecule has 7 nitrogen and oxygen atoms in total. The van der Waals surface area contributed by atoms with Crippen LogP contribution in [0.1, 0.15) is 28.8 Å². The van der Waals surface area contributed by atoms with E-state index in [0.717, 1.165) is 32.5 Å². The predicted molar refractivity (Wildman–Crippen MR) is 98.3 cm³/mol. The number of rotatable bonds is 5. The third kappa shape index (κ3) is 3.99. The second-order valence-corrected chi connectivity index (χ2v) is 7.54. The number of aromatic nitrogens is 2. The molecule has 0 bridgehead atoms. The van der Waals surface area contributed by atoms with Crippen molar-refractivity contribution >= 4 is 5.97 Å². The molecular formula is C20H25N3O4. The van der Waals surface area contributed by atoms with Crippen LogP contribution in [-0.2, 0) is 11.3 Å². The van der Waals surface area contributed by atoms with E-state index in [1.807, 2.05) is 18.5 Å². The maximum atomic E-state index is 11.7. The second kappa shape index (κ2) is 7.70. The van der Waals surface area contributed by atoms with Gasteiger partial charge in [-0.3, -0.25) is 10.00 Å². The summed E-state index contributed by atoms with van der Waals surface area (Å²) in [6.45, 7) is 2.88. The van der Waals surface area contributed by atoms with Crippen molar-refractivity contribution in [1.29, 1.82) is 0 Å². The second-order valence-electron chi connectivity index (χ2n) is 7.54. The molecule has 0 unspecified atom stereocenters. The third-order valence-corrected chi connectivity index (χ3v) is 5.66. The van der Waals surface area contributed by atoms with Crippen LogP contribution in [0.2, 0.25) is 0 Å². The number of nitrogens with zero attached hydrogens (tertiary/aromatic N) is 2. The minimum Gasteiger partial charge on any atom is -0.488 e. The monoisotopic (exact) mass is 371 g/mol. The molecule has 2 N–H and O–H groups in total. The summed E-state index contributed by atoms with van der Waals surface area (Å²) in [5.74, 6) is 1.20. The van der Waals surface area contributed by atoms with E-state index in [0.29, 0.717) is 23.1 Å². The number of methoxy groups -OCH3 is 1. The lowest BCUT2D eigenvalue weighted by atomic mass is 9.78. The molecule has 1 aromatic heterocycles. The van der Waals surface area contributed by atoms with Gasteiger partial charge in [-0.05, 0) is 42.9 Å². The molecular weight excluding hydrogens is 346 g/mol. The normalized spacial score (nSPS) is 27.9. The van der Waals surface area contributed by atoms with Crippen molar-refractivity contribution in [3.8, 4) is 5.75 Å². The van der Waals surface area contributed by atoms with Crippen molar-refractivity contribution in [1.82, 2.24) is 15.1 Å². The van der Waals surface area contributed by atoms with E-state index in [1.165, 1.54) is 12.7 Å². The summed E-state index contributed by atoms with van der Waals surface area (Å²) in [5.41, 5.74) is 1.63. The zero-order valence-electron chi connectivity index (χ0n) is 15.4. The van der Waals surface area contributed by atoms with E-state index in [9.17, 15) is 9.90 Å². The third-order valence-electron chi connectivity index (χ3n) is 5.66. The molecule has 2 aliphatic rings. The molecule has 0 spiro atoms. The summed E-state index contributed by atoms with van der Waals surface area (Å²) in [6.07, 6.45) is 4.59. The zero-order chi connectivity index (χ0) is 18.8. The van der Waals surface area contributed by atoms with Gasteiger partial charge < -0.3 is 14.6 Å². The fraction of sp³-hybridized carbons (Fsp3) is 0.500. The SMILES string of the molecule is COC(=O)c1cccc(O[C@@H]2C[C@@H]3CN(Cc4cn[nH]c4)C[C@@H]3C[C@H]2O)c1. The number of likely N-dealkylation sites (tertiary alicyclic amines) is 1. The first-order chi connectivity index (χ1) is 13.1. The molecule has 1 saturated carbocycles. The van der Waals surface area contributed by atoms with E-state index < -0.39 is 12.1 Å². The van der Waals surface area contributed by atoms with E-state index >= 15 is 0 Å². The molecule has 2 heterocycles. The Bertz CT molecular complexity index is 779. The molecule has 0 radical (unpaired) electrons. The molecule has 27 heavy (non-hydrogen) atoms. The molecule has 144 valence electrons. The van der Waals surface area contributed by atoms with Crippen LogP contribution in [0.15, 0.2) is 36.7 Å². The highest BCUT2D eigenvalue weighted by Crippen LogP contribution is 2.38. The number of aliphatic hydroxyl groups is 1. The molecule has 4 atom stereocenters. The first-order valence-corrected chi connectivity index (χ1v) is 9.35. The average Bonchev–Trinajstić information content (AvgIpc) is 3.31. The average molecular weight is 371 g/mol. The van der Waals surface area contributed by atoms with Gasteiger partial charge in [0.15, 0.2) is 0 Å². The van der Waals surface area contributed by atoms with Gasteiger partial charge in [0.25, 0.3) is 0 Å². The molecule has 7 heteroatoms. The minimum atomic E-state index is -0.498. The Kier molecular flexibility index (Phi) is 5.13. The van der Waals surface area contributed by atoms with Crippen LogP contribution in [-0.4, -0.2) is 58.6 Å². The first kappa shape index (κ1) is 18.0. The summed E-state index contributed by atoms with van der Waals surface area (Å²) < 4.78 is 10.8. The number of H-pyrrole nitrogens is 1. The van der Waals surface area contributed by atoms with Gasteiger partial charge in [0, 0.05) is 31.4 Å². The number of hydrogen-bond donors (Lipinski definition) is 2. The van der Waals surface area contributed by atoms with Crippen molar-refractivity contribution in [2.45, 2.75) is 31.6 Å². The number of aromatic amines is 1. The molecule has 4 rings (SSSR count). The molecule has 2 fully saturated rings. The Morgan fingerprint density at radius 1 is 1.33 bits per heavy atom. The molecule has 1 aliphatic heterocycles. The quantitative estimate of drug-likeness (QED) is 0.780. The lowest BCUT2D eigenvalue weighted by molar-refractivity contribution is -0.0231. The number of esters is 1. The Labute approximate surface area is 158 Å². The first-order valence-electron chi connectivity index (χ1n) is 9.35. The number of fused-ring (bicyclic) bond motifs is 1. The minimum absolute atomic E-state index is 0.256. The predicted octanol–water partition coefficient (Wildman–Crippen LogP) is 1.85. The lowest BCUT2D eigenvalue weighted by Crippen LogP contribution is -2.42. The largest absolute Gasteiger partial charge is 0.488 e. The van der Waals surface area contributed by atoms with Crippen LogP contribution in [0.4, 0.5) is 0 Å². The smallest absolute Gasteiger partial charge is 0.337 e. The van der Waals surface area contributed by atoms with Gasteiger partial charge in [-0.2, -0.15) is 5.10 Å². The van der Waals surface area contributed by atoms with E-state index in [-0.39, 0.29) is 6.10 Å². The summed E-state index contributed by atoms with van der Waals surface area (Å²) >= 11 is 0. The molecule has 2 aromatic rings. The Morgan fingerprint density at radius 3 is 2.89 bits per heavy atom. The van der Waals surface area contributed by atoms with E-state index in [4.69, 9.17) is 9.47 Å². The Balaban J connectivity index is 1.39. The number of hydrogen-bond acceptors (Lipinski definition) is 6. The van der Waals surface area contributed by atoms with Gasteiger partial charge in [0.05, 0.1) is 25.0 Å². The highest BCUT2D eigenvalue weighted by molar-refractivity contribution is 5.89. The van der Waals surface area contributed by atoms with Crippen LogP contribution < -0.4 is 4.74 Å². The number of benzene rings is 1. The highest BCUT2D eigenvalue weighted by atomic mass is 16.5. The van der Waals surface area contributed by atoms with Gasteiger partial charge in [-0.1, -0.05) is 6.07 Å². The zero-order valence-corrected chi connectivity index (χ0v) is 15.4. The summed E-state index contributed by atoms with van der Waals surface area (Å²) in [5, 5.41) is 17.5. The van der Waals surface area contributed by atoms with Gasteiger partial charge in [0.2, 0.25) is 0 Å². The van der Waals surface area contributed by atoms with Crippen molar-refractivity contribution in [2.75, 3.05) is 20.2 Å². The Morgan fingerprint density at radius 2 is 2.15 bits per heavy atom. The van der Waals surface area contributed by atoms with Crippen LogP contribution >= 0.6 is 0 Å². The van der Waals surface area contributed by atoms with Crippen molar-refractivity contribution in [3.05, 3.63) is 47.8 Å². The maximum Gasteiger partial charge on any atom is 0.337 e. The molecule has 0 amide bonds. The number of carbonyl (C=O) groups is 1. The van der Waals surface area contributed by atoms with Gasteiger partial charge in [0.1, 0.15) is 11.9 Å². The molecule has 1 aromatic carbocycles. The Hall–Kier alpha value is -2.38. The van der Waals surface area contributed by atoms with Crippen molar-refractivity contribution < 1.29 is 19.4 Å². The van der Waals surface area contributed by atoms with Gasteiger partial charge in [-0.15, -0.1) is 0 Å². The molecule has 1 aliphatic carbocycles. The van der Waals surface area contributed by atoms with Gasteiger partial charge >= 0.3 is 5.97 Å². The summed E-state index contributed by atoms with van der Waals surface area (Å²) in [4.78, 5) is 14.1. The van der Waals surface area contributed by atoms with Crippen LogP contribution in [0, 0.1) is 11.8 Å². The number of aliphatic hydroxyl groups excluding tert-OH is 1. The van der Waals surface area contributed by atoms with Crippen LogP contribution in [0.5, 0.6) is 5.75 Å². The number of ether oxygens (including phenoxy) is 2. The summed E-state index contributed by atoms with van der Waals surface area (Å²) in [7, 11) is 1.36. The van der Waals surface area contributed by atoms with Crippen molar-refractivity contribution in [2.24, 2.45) is 11.8 Å². The topological polar surface area (TPSA) is 87.7 Å². The molecule has 1 saturated heterocycles. The number of nitrogens with one attached hydrogen (secondary N) is 1. The summed E-state index contributed by atoms with van der Waals surface area (Å²) in [6, 6.07) is 6.94. The maximum absolute atomic E-state index is 11.7. The standard InChI is InChI=1S/C20H25N3O4/c1-26-20(25)14-3-2-4-17(5-14)27-19-7-16-12-23(10-13-8-21-22-9-13)11-15(16)6-18(19)24/h2-5,8-9,15-16,18-19,24H,6-7,10-12H2,1H3,(H,21,22)/t15-,16+,18+,19+/m0/s1. The fourth-order valence-electron chi connectivity index (χ4n) is 4.35. The van der Waals surface area contributed by atoms with E-state index in [2.05, 4.69) is 15.1 Å². The van der Waals surface area contributed by atoms with Gasteiger partial charge in [-0.25, -0.2) is 4.79 Å². The fourth-order valence-corrected chi connectivity index (χ4v) is 4.35. The lowest BCUT2D eigenvalue weighted by Gasteiger charge is -2.35. The number of carbonyl (C=O) groups excluding carboxylic acids is 1. The van der Waals surface area contributed by atoms with Crippen molar-refractivity contribution in [3.63, 3.8) is 0 Å². The van der Waals surface area contributed by atoms with Crippen LogP contribution in [0.3, 0.4) is 0 Å². The van der Waals surface area contributed by atoms with Crippen LogP contribution in [0.25, 0.3) is 0 Å². The highest BCUT2D eigenvalue weighted by Gasteiger charge is 2.42.